The van der Waals surface area contributed by atoms with Crippen LogP contribution in [0.5, 0.6) is 23.4 Å². The molecule has 0 aliphatic heterocycles. The summed E-state index contributed by atoms with van der Waals surface area (Å²) >= 11 is 4.93. The molecule has 0 radical (unpaired) electrons. The predicted octanol–water partition coefficient (Wildman–Crippen LogP) is 8.23. The van der Waals surface area contributed by atoms with Gasteiger partial charge < -0.3 is 28.4 Å². The van der Waals surface area contributed by atoms with Crippen LogP contribution in [0.3, 0.4) is 0 Å². The van der Waals surface area contributed by atoms with Crippen LogP contribution in [0.2, 0.25) is 0 Å². The summed E-state index contributed by atoms with van der Waals surface area (Å²) in [6.07, 6.45) is -4.41. The Hall–Kier alpha value is -5.10. The largest absolute Gasteiger partial charge is 0.487 e. The van der Waals surface area contributed by atoms with Gasteiger partial charge >= 0.3 is 24.1 Å². The molecule has 0 N–H and O–H groups in total. The van der Waals surface area contributed by atoms with Crippen LogP contribution in [0.4, 0.5) is 17.6 Å². The van der Waals surface area contributed by atoms with Gasteiger partial charge in [0, 0.05) is 18.2 Å². The van der Waals surface area contributed by atoms with Crippen LogP contribution >= 0.6 is 27.3 Å². The Balaban J connectivity index is 1.44. The zero-order valence-electron chi connectivity index (χ0n) is 29.9. The molecule has 2 aromatic carbocycles. The van der Waals surface area contributed by atoms with Gasteiger partial charge in [0.15, 0.2) is 6.61 Å². The van der Waals surface area contributed by atoms with E-state index in [-0.39, 0.29) is 54.5 Å². The number of carbonyl (C=O) groups excluding carboxylic acids is 2. The van der Waals surface area contributed by atoms with Gasteiger partial charge in [-0.15, -0.1) is 11.3 Å². The molecule has 55 heavy (non-hydrogen) atoms. The molecular weight excluding hydrogens is 816 g/mol. The summed E-state index contributed by atoms with van der Waals surface area (Å²) in [5, 5.41) is 0.476. The van der Waals surface area contributed by atoms with Gasteiger partial charge in [-0.3, -0.25) is 0 Å². The van der Waals surface area contributed by atoms with Crippen molar-refractivity contribution in [2.45, 2.75) is 65.0 Å². The van der Waals surface area contributed by atoms with Crippen LogP contribution < -0.4 is 18.9 Å². The minimum absolute atomic E-state index is 0.0399. The average Bonchev–Trinajstić information content (AvgIpc) is 3.46. The molecule has 0 fully saturated rings. The van der Waals surface area contributed by atoms with Crippen LogP contribution in [0.1, 0.15) is 45.4 Å². The molecule has 0 bridgehead atoms. The smallest absolute Gasteiger partial charge is 0.392 e. The zero-order valence-corrected chi connectivity index (χ0v) is 32.3. The van der Waals surface area contributed by atoms with Gasteiger partial charge in [0.1, 0.15) is 47.3 Å². The number of benzene rings is 2. The van der Waals surface area contributed by atoms with Gasteiger partial charge in [0.25, 0.3) is 0 Å². The first-order valence-electron chi connectivity index (χ1n) is 16.7. The third-order valence-electron chi connectivity index (χ3n) is 7.20. The Labute approximate surface area is 325 Å². The highest BCUT2D eigenvalue weighted by Crippen LogP contribution is 2.44. The van der Waals surface area contributed by atoms with Crippen molar-refractivity contribution in [2.75, 3.05) is 19.8 Å². The van der Waals surface area contributed by atoms with Crippen molar-refractivity contribution in [1.82, 2.24) is 19.9 Å². The van der Waals surface area contributed by atoms with Crippen molar-refractivity contribution in [1.29, 1.82) is 0 Å². The van der Waals surface area contributed by atoms with Crippen molar-refractivity contribution >= 4 is 49.4 Å². The fraction of sp³-hybridized carbons (Fsp3) is 0.351. The number of nitrogens with zero attached hydrogens (tertiary/aromatic N) is 4. The number of hydrogen-bond donors (Lipinski definition) is 0. The first-order chi connectivity index (χ1) is 26.1. The number of rotatable bonds is 16. The summed E-state index contributed by atoms with van der Waals surface area (Å²) in [6, 6.07) is 11.8. The molecule has 1 atom stereocenters. The molecule has 3 heterocycles. The highest BCUT2D eigenvalue weighted by atomic mass is 79.9. The molecule has 5 rings (SSSR count). The van der Waals surface area contributed by atoms with Crippen LogP contribution in [0.25, 0.3) is 20.7 Å². The lowest BCUT2D eigenvalue weighted by Gasteiger charge is -2.21. The topological polar surface area (TPSA) is 141 Å². The van der Waals surface area contributed by atoms with E-state index in [4.69, 9.17) is 28.4 Å². The summed E-state index contributed by atoms with van der Waals surface area (Å²) in [7, 11) is 0. The number of alkyl halides is 3. The molecule has 0 unspecified atom stereocenters. The van der Waals surface area contributed by atoms with Gasteiger partial charge in [-0.05, 0) is 85.6 Å². The molecule has 18 heteroatoms. The number of halogens is 5. The maximum Gasteiger partial charge on any atom is 0.392 e. The van der Waals surface area contributed by atoms with Crippen LogP contribution in [0.15, 0.2) is 65.5 Å². The molecule has 0 amide bonds. The molecule has 3 aromatic heterocycles. The summed E-state index contributed by atoms with van der Waals surface area (Å²) in [5.41, 5.74) is 0.658. The van der Waals surface area contributed by atoms with E-state index in [1.165, 1.54) is 42.1 Å². The Morgan fingerprint density at radius 2 is 1.73 bits per heavy atom. The minimum Gasteiger partial charge on any atom is -0.487 e. The molecule has 0 saturated heterocycles. The van der Waals surface area contributed by atoms with Crippen molar-refractivity contribution < 1.29 is 55.6 Å². The number of ether oxygens (including phenoxy) is 6. The highest BCUT2D eigenvalue weighted by Gasteiger charge is 2.29. The van der Waals surface area contributed by atoms with E-state index in [1.54, 1.807) is 58.0 Å². The van der Waals surface area contributed by atoms with Crippen molar-refractivity contribution in [3.8, 4) is 33.8 Å². The summed E-state index contributed by atoms with van der Waals surface area (Å²) in [5.74, 6) is -1.15. The summed E-state index contributed by atoms with van der Waals surface area (Å²) in [4.78, 5) is 43.8. The van der Waals surface area contributed by atoms with Gasteiger partial charge in [-0.2, -0.15) is 18.2 Å². The minimum atomic E-state index is -4.41. The molecule has 292 valence electrons. The molecule has 0 spiro atoms. The zero-order chi connectivity index (χ0) is 39.8. The van der Waals surface area contributed by atoms with Gasteiger partial charge in [0.2, 0.25) is 12.0 Å². The number of aromatic nitrogens is 4. The highest BCUT2D eigenvalue weighted by molar-refractivity contribution is 9.10. The number of hydrogen-bond acceptors (Lipinski definition) is 13. The SMILES string of the molecule is CCOC(=O)[C@@H](Cc1cc(OCC(=O)OC(C)(C)C)ccc1OCc1ccnc(OCCC(F)(F)F)n1)Oc1ncnc2sc(-c3ccc(F)cc3)c(Br)c12. The first-order valence-corrected chi connectivity index (χ1v) is 18.3. The quantitative estimate of drug-likeness (QED) is 0.0698. The molecule has 5 aromatic rings. The van der Waals surface area contributed by atoms with E-state index in [0.717, 1.165) is 10.4 Å². The Morgan fingerprint density at radius 3 is 2.44 bits per heavy atom. The standard InChI is InChI=1S/C37H35BrF4N4O8S/c1-5-49-34(48)27(53-32-29-30(38)31(55-33(29)45-20-44-32)21-6-8-23(39)9-7-21)17-22-16-25(51-19-28(47)54-36(2,3)4)10-11-26(22)52-18-24-12-14-43-35(46-24)50-15-13-37(40,41)42/h6-12,14,16,20,27H,5,13,15,17-19H2,1-4H3/t27-/m1/s1. The molecule has 12 nitrogen and oxygen atoms in total. The maximum absolute atomic E-state index is 13.7. The van der Waals surface area contributed by atoms with Gasteiger partial charge in [-0.1, -0.05) is 12.1 Å². The van der Waals surface area contributed by atoms with E-state index >= 15 is 0 Å². The van der Waals surface area contributed by atoms with Gasteiger partial charge in [-0.25, -0.2) is 28.9 Å². The molecule has 0 aliphatic carbocycles. The molecule has 0 aliphatic rings. The second-order valence-electron chi connectivity index (χ2n) is 12.7. The van der Waals surface area contributed by atoms with Gasteiger partial charge in [0.05, 0.1) is 33.5 Å². The summed E-state index contributed by atoms with van der Waals surface area (Å²) < 4.78 is 86.0. The number of carbonyl (C=O) groups is 2. The van der Waals surface area contributed by atoms with E-state index in [2.05, 4.69) is 35.9 Å². The third kappa shape index (κ3) is 11.9. The van der Waals surface area contributed by atoms with E-state index in [1.807, 2.05) is 0 Å². The van der Waals surface area contributed by atoms with Crippen molar-refractivity contribution in [3.63, 3.8) is 0 Å². The lowest BCUT2D eigenvalue weighted by Crippen LogP contribution is -2.32. The second-order valence-corrected chi connectivity index (χ2v) is 14.4. The fourth-order valence-electron chi connectivity index (χ4n) is 4.89. The lowest BCUT2D eigenvalue weighted by atomic mass is 10.1. The van der Waals surface area contributed by atoms with Crippen LogP contribution in [-0.2, 0) is 32.1 Å². The third-order valence-corrected chi connectivity index (χ3v) is 9.40. The number of esters is 2. The number of fused-ring (bicyclic) bond motifs is 1. The van der Waals surface area contributed by atoms with Crippen LogP contribution in [-0.4, -0.2) is 69.6 Å². The Bertz CT molecular complexity index is 2110. The Morgan fingerprint density at radius 1 is 0.964 bits per heavy atom. The van der Waals surface area contributed by atoms with E-state index < -0.39 is 49.5 Å². The number of thiophene rings is 1. The predicted molar refractivity (Wildman–Crippen MR) is 196 cm³/mol. The second kappa shape index (κ2) is 18.0. The van der Waals surface area contributed by atoms with Crippen molar-refractivity contribution in [2.24, 2.45) is 0 Å². The normalized spacial score (nSPS) is 12.2. The van der Waals surface area contributed by atoms with E-state index in [0.29, 0.717) is 20.3 Å². The Kier molecular flexibility index (Phi) is 13.5. The van der Waals surface area contributed by atoms with E-state index in [9.17, 15) is 27.2 Å². The lowest BCUT2D eigenvalue weighted by molar-refractivity contribution is -0.157. The van der Waals surface area contributed by atoms with Crippen molar-refractivity contribution in [3.05, 3.63) is 82.6 Å². The maximum atomic E-state index is 13.7. The van der Waals surface area contributed by atoms with Crippen LogP contribution in [0, 0.1) is 5.82 Å². The summed E-state index contributed by atoms with van der Waals surface area (Å²) in [6.45, 7) is 5.62. The fourth-order valence-corrected chi connectivity index (χ4v) is 6.88. The monoisotopic (exact) mass is 850 g/mol. The molecular formula is C37H35BrF4N4O8S. The average molecular weight is 852 g/mol. The molecule has 0 saturated carbocycles. The first kappa shape index (κ1) is 41.1.